The molecule has 9 nitrogen and oxygen atoms in total. The number of methoxy groups -OCH3 is 1. The molecule has 0 saturated heterocycles. The van der Waals surface area contributed by atoms with Gasteiger partial charge in [-0.3, -0.25) is 9.89 Å². The number of carbonyl (C=O) groups excluding carboxylic acids is 1. The second-order valence-electron chi connectivity index (χ2n) is 6.74. The van der Waals surface area contributed by atoms with E-state index in [0.717, 1.165) is 5.56 Å². The molecule has 2 N–H and O–H groups in total. The van der Waals surface area contributed by atoms with Crippen molar-refractivity contribution in [1.29, 1.82) is 0 Å². The highest BCUT2D eigenvalue weighted by Crippen LogP contribution is 2.20. The van der Waals surface area contributed by atoms with Gasteiger partial charge in [0.2, 0.25) is 15.9 Å². The molecule has 11 heteroatoms. The van der Waals surface area contributed by atoms with Gasteiger partial charge in [0.15, 0.2) is 5.16 Å². The zero-order chi connectivity index (χ0) is 22.8. The molecule has 170 valence electrons. The first-order valence-corrected chi connectivity index (χ1v) is 12.3. The van der Waals surface area contributed by atoms with Gasteiger partial charge in [0.05, 0.1) is 18.6 Å². The number of aromatic nitrogens is 3. The number of benzene rings is 2. The lowest BCUT2D eigenvalue weighted by Crippen LogP contribution is -2.42. The second-order valence-corrected chi connectivity index (χ2v) is 9.76. The standard InChI is InChI=1S/C21H25N5O4S2/c1-30-18-7-9-19(10-8-18)32(28,29)26(13-11-17-5-3-2-4-6-17)15-20(27)22-12-14-31-21-23-16-24-25-21/h2-10,16H,11-15H2,1H3,(H,22,27)(H,23,24,25). The maximum Gasteiger partial charge on any atom is 0.243 e. The molecule has 0 saturated carbocycles. The Morgan fingerprint density at radius 2 is 1.91 bits per heavy atom. The molecule has 0 unspecified atom stereocenters. The number of hydrogen-bond donors (Lipinski definition) is 2. The Balaban J connectivity index is 1.65. The fourth-order valence-corrected chi connectivity index (χ4v) is 4.93. The van der Waals surface area contributed by atoms with Crippen LogP contribution in [0.3, 0.4) is 0 Å². The first-order valence-electron chi connectivity index (χ1n) is 9.92. The van der Waals surface area contributed by atoms with E-state index in [2.05, 4.69) is 20.5 Å². The third-order valence-electron chi connectivity index (χ3n) is 4.57. The van der Waals surface area contributed by atoms with Gasteiger partial charge in [0.1, 0.15) is 12.1 Å². The normalized spacial score (nSPS) is 11.4. The third kappa shape index (κ3) is 6.81. The quantitative estimate of drug-likeness (QED) is 0.304. The topological polar surface area (TPSA) is 117 Å². The first-order chi connectivity index (χ1) is 15.5. The molecule has 0 aliphatic heterocycles. The smallest absolute Gasteiger partial charge is 0.243 e. The number of rotatable bonds is 12. The van der Waals surface area contributed by atoms with Crippen molar-refractivity contribution in [2.24, 2.45) is 0 Å². The fraction of sp³-hybridized carbons (Fsp3) is 0.286. The second kappa shape index (κ2) is 11.7. The Morgan fingerprint density at radius 1 is 1.16 bits per heavy atom. The minimum absolute atomic E-state index is 0.111. The van der Waals surface area contributed by atoms with Crippen LogP contribution >= 0.6 is 11.8 Å². The summed E-state index contributed by atoms with van der Waals surface area (Å²) >= 11 is 1.41. The van der Waals surface area contributed by atoms with Crippen LogP contribution in [0.4, 0.5) is 0 Å². The Kier molecular flexibility index (Phi) is 8.65. The van der Waals surface area contributed by atoms with Crippen molar-refractivity contribution in [2.75, 3.05) is 32.5 Å². The molecular formula is C21H25N5O4S2. The number of ether oxygens (including phenoxy) is 1. The van der Waals surface area contributed by atoms with Gasteiger partial charge in [-0.25, -0.2) is 13.4 Å². The average molecular weight is 476 g/mol. The molecule has 0 spiro atoms. The highest BCUT2D eigenvalue weighted by molar-refractivity contribution is 7.99. The van der Waals surface area contributed by atoms with E-state index >= 15 is 0 Å². The number of nitrogens with zero attached hydrogens (tertiary/aromatic N) is 3. The lowest BCUT2D eigenvalue weighted by atomic mass is 10.1. The average Bonchev–Trinajstić information content (AvgIpc) is 3.33. The van der Waals surface area contributed by atoms with Gasteiger partial charge in [-0.15, -0.1) is 0 Å². The van der Waals surface area contributed by atoms with Crippen LogP contribution in [-0.2, 0) is 21.2 Å². The molecule has 3 rings (SSSR count). The minimum Gasteiger partial charge on any atom is -0.497 e. The van der Waals surface area contributed by atoms with E-state index in [9.17, 15) is 13.2 Å². The van der Waals surface area contributed by atoms with E-state index in [1.807, 2.05) is 30.3 Å². The molecule has 1 aromatic heterocycles. The van der Waals surface area contributed by atoms with Gasteiger partial charge in [0, 0.05) is 18.8 Å². The Bertz CT molecular complexity index is 1080. The lowest BCUT2D eigenvalue weighted by Gasteiger charge is -2.22. The van der Waals surface area contributed by atoms with Crippen LogP contribution in [0.2, 0.25) is 0 Å². The SMILES string of the molecule is COc1ccc(S(=O)(=O)N(CCc2ccccc2)CC(=O)NCCSc2ncn[nH]2)cc1. The minimum atomic E-state index is -3.87. The van der Waals surface area contributed by atoms with E-state index in [-0.39, 0.29) is 23.9 Å². The Labute approximate surface area is 191 Å². The van der Waals surface area contributed by atoms with Crippen molar-refractivity contribution in [2.45, 2.75) is 16.5 Å². The van der Waals surface area contributed by atoms with E-state index in [0.29, 0.717) is 29.6 Å². The summed E-state index contributed by atoms with van der Waals surface area (Å²) in [4.78, 5) is 16.6. The monoisotopic (exact) mass is 475 g/mol. The number of aromatic amines is 1. The molecule has 0 aliphatic rings. The van der Waals surface area contributed by atoms with Crippen molar-refractivity contribution in [3.63, 3.8) is 0 Å². The maximum atomic E-state index is 13.3. The van der Waals surface area contributed by atoms with Gasteiger partial charge >= 0.3 is 0 Å². The summed E-state index contributed by atoms with van der Waals surface area (Å²) in [6.45, 7) is 0.284. The van der Waals surface area contributed by atoms with Crippen LogP contribution < -0.4 is 10.1 Å². The zero-order valence-electron chi connectivity index (χ0n) is 17.6. The van der Waals surface area contributed by atoms with Gasteiger partial charge < -0.3 is 10.1 Å². The van der Waals surface area contributed by atoms with Crippen LogP contribution in [0.25, 0.3) is 0 Å². The molecule has 0 fully saturated rings. The van der Waals surface area contributed by atoms with Crippen LogP contribution in [0.15, 0.2) is 71.0 Å². The van der Waals surface area contributed by atoms with Crippen molar-refractivity contribution in [3.8, 4) is 5.75 Å². The highest BCUT2D eigenvalue weighted by atomic mass is 32.2. The molecule has 3 aromatic rings. The van der Waals surface area contributed by atoms with Crippen molar-refractivity contribution >= 4 is 27.7 Å². The maximum absolute atomic E-state index is 13.3. The summed E-state index contributed by atoms with van der Waals surface area (Å²) in [7, 11) is -2.35. The highest BCUT2D eigenvalue weighted by Gasteiger charge is 2.26. The molecule has 0 atom stereocenters. The number of sulfonamides is 1. The summed E-state index contributed by atoms with van der Waals surface area (Å²) in [5, 5.41) is 9.92. The number of thioether (sulfide) groups is 1. The van der Waals surface area contributed by atoms with Crippen molar-refractivity contribution < 1.29 is 17.9 Å². The van der Waals surface area contributed by atoms with Crippen molar-refractivity contribution in [1.82, 2.24) is 24.8 Å². The molecular weight excluding hydrogens is 450 g/mol. The first kappa shape index (κ1) is 23.8. The lowest BCUT2D eigenvalue weighted by molar-refractivity contribution is -0.121. The predicted octanol–water partition coefficient (Wildman–Crippen LogP) is 1.96. The molecule has 2 aromatic carbocycles. The Hall–Kier alpha value is -2.89. The summed E-state index contributed by atoms with van der Waals surface area (Å²) in [6, 6.07) is 15.7. The van der Waals surface area contributed by atoms with E-state index in [1.165, 1.54) is 41.6 Å². The van der Waals surface area contributed by atoms with Crippen LogP contribution in [0.5, 0.6) is 5.75 Å². The summed E-state index contributed by atoms with van der Waals surface area (Å²) in [6.07, 6.45) is 1.90. The summed E-state index contributed by atoms with van der Waals surface area (Å²) < 4.78 is 32.8. The number of H-pyrrole nitrogens is 1. The third-order valence-corrected chi connectivity index (χ3v) is 7.30. The van der Waals surface area contributed by atoms with E-state index in [1.54, 1.807) is 12.1 Å². The van der Waals surface area contributed by atoms with Crippen molar-refractivity contribution in [3.05, 3.63) is 66.5 Å². The van der Waals surface area contributed by atoms with E-state index < -0.39 is 10.0 Å². The predicted molar refractivity (Wildman–Crippen MR) is 122 cm³/mol. The van der Waals surface area contributed by atoms with Crippen LogP contribution in [-0.4, -0.2) is 66.3 Å². The summed E-state index contributed by atoms with van der Waals surface area (Å²) in [5.74, 6) is 0.769. The molecule has 32 heavy (non-hydrogen) atoms. The van der Waals surface area contributed by atoms with Gasteiger partial charge in [0.25, 0.3) is 0 Å². The number of hydrogen-bond acceptors (Lipinski definition) is 7. The van der Waals surface area contributed by atoms with Gasteiger partial charge in [-0.1, -0.05) is 42.1 Å². The largest absolute Gasteiger partial charge is 0.497 e. The number of nitrogens with one attached hydrogen (secondary N) is 2. The van der Waals surface area contributed by atoms with Crippen LogP contribution in [0.1, 0.15) is 5.56 Å². The molecule has 0 bridgehead atoms. The molecule has 1 amide bonds. The summed E-state index contributed by atoms with van der Waals surface area (Å²) in [5.41, 5.74) is 0.992. The van der Waals surface area contributed by atoms with Crippen LogP contribution in [0, 0.1) is 0 Å². The Morgan fingerprint density at radius 3 is 2.56 bits per heavy atom. The molecule has 0 aliphatic carbocycles. The van der Waals surface area contributed by atoms with Gasteiger partial charge in [-0.05, 0) is 36.2 Å². The zero-order valence-corrected chi connectivity index (χ0v) is 19.2. The molecule has 0 radical (unpaired) electrons. The number of amides is 1. The molecule has 1 heterocycles. The van der Waals surface area contributed by atoms with E-state index in [4.69, 9.17) is 4.74 Å². The number of carbonyl (C=O) groups is 1. The fourth-order valence-electron chi connectivity index (χ4n) is 2.90. The van der Waals surface area contributed by atoms with Gasteiger partial charge in [-0.2, -0.15) is 9.40 Å².